The highest BCUT2D eigenvalue weighted by Crippen LogP contribution is 2.26. The van der Waals surface area contributed by atoms with E-state index in [2.05, 4.69) is 0 Å². The summed E-state index contributed by atoms with van der Waals surface area (Å²) in [7, 11) is 0. The average Bonchev–Trinajstić information content (AvgIpc) is 2.07. The van der Waals surface area contributed by atoms with E-state index in [-0.39, 0.29) is 5.54 Å². The summed E-state index contributed by atoms with van der Waals surface area (Å²) in [6, 6.07) is 5.82. The third-order valence-corrected chi connectivity index (χ3v) is 2.25. The number of rotatable bonds is 4. The summed E-state index contributed by atoms with van der Waals surface area (Å²) in [5.74, 6) is 0.734. The molecule has 0 unspecified atom stereocenters. The van der Waals surface area contributed by atoms with Crippen LogP contribution >= 0.6 is 11.6 Å². The van der Waals surface area contributed by atoms with Crippen molar-refractivity contribution in [1.29, 1.82) is 0 Å². The predicted molar refractivity (Wildman–Crippen MR) is 64.6 cm³/mol. The Morgan fingerprint density at radius 2 is 2.07 bits per heavy atom. The Bertz CT molecular complexity index is 331. The molecule has 0 saturated heterocycles. The van der Waals surface area contributed by atoms with Crippen LogP contribution in [0.25, 0.3) is 0 Å². The molecule has 0 atom stereocenters. The molecule has 0 heterocycles. The molecule has 0 aliphatic rings. The highest BCUT2D eigenvalue weighted by Gasteiger charge is 2.12. The lowest BCUT2D eigenvalue weighted by atomic mass is 9.96. The normalized spacial score (nSPS) is 11.5. The van der Waals surface area contributed by atoms with Gasteiger partial charge in [0.1, 0.15) is 5.75 Å². The van der Waals surface area contributed by atoms with E-state index in [4.69, 9.17) is 22.1 Å². The molecule has 84 valence electrons. The van der Waals surface area contributed by atoms with Crippen molar-refractivity contribution in [3.8, 4) is 5.75 Å². The molecule has 2 nitrogen and oxygen atoms in total. The van der Waals surface area contributed by atoms with E-state index < -0.39 is 0 Å². The minimum Gasteiger partial charge on any atom is -0.492 e. The van der Waals surface area contributed by atoms with Crippen molar-refractivity contribution in [2.75, 3.05) is 6.61 Å². The van der Waals surface area contributed by atoms with E-state index in [0.29, 0.717) is 11.6 Å². The summed E-state index contributed by atoms with van der Waals surface area (Å²) >= 11 is 6.07. The maximum atomic E-state index is 6.07. The summed E-state index contributed by atoms with van der Waals surface area (Å²) < 4.78 is 5.36. The predicted octanol–water partition coefficient (Wildman–Crippen LogP) is 3.02. The zero-order valence-electron chi connectivity index (χ0n) is 9.51. The minimum atomic E-state index is -0.212. The Hall–Kier alpha value is -0.730. The van der Waals surface area contributed by atoms with Crippen LogP contribution in [0.3, 0.4) is 0 Å². The topological polar surface area (TPSA) is 35.2 Å². The lowest BCUT2D eigenvalue weighted by Gasteiger charge is -2.18. The van der Waals surface area contributed by atoms with Crippen LogP contribution < -0.4 is 10.5 Å². The average molecular weight is 228 g/mol. The molecule has 0 amide bonds. The highest BCUT2D eigenvalue weighted by molar-refractivity contribution is 6.32. The Morgan fingerprint density at radius 1 is 1.40 bits per heavy atom. The zero-order chi connectivity index (χ0) is 11.5. The van der Waals surface area contributed by atoms with Gasteiger partial charge in [-0.15, -0.1) is 0 Å². The van der Waals surface area contributed by atoms with Crippen LogP contribution in [0.1, 0.15) is 26.3 Å². The molecule has 1 rings (SSSR count). The largest absolute Gasteiger partial charge is 0.492 e. The van der Waals surface area contributed by atoms with Gasteiger partial charge in [-0.1, -0.05) is 17.7 Å². The number of ether oxygens (including phenoxy) is 1. The van der Waals surface area contributed by atoms with Crippen LogP contribution in [0.2, 0.25) is 5.02 Å². The Labute approximate surface area is 96.4 Å². The van der Waals surface area contributed by atoms with Crippen LogP contribution in [0, 0.1) is 0 Å². The number of nitrogens with two attached hydrogens (primary N) is 1. The maximum Gasteiger partial charge on any atom is 0.137 e. The highest BCUT2D eigenvalue weighted by atomic mass is 35.5. The molecule has 3 heteroatoms. The molecule has 0 spiro atoms. The first-order chi connectivity index (χ1) is 6.92. The fourth-order valence-corrected chi connectivity index (χ4v) is 1.71. The number of hydrogen-bond acceptors (Lipinski definition) is 2. The summed E-state index contributed by atoms with van der Waals surface area (Å²) in [5.41, 5.74) is 6.86. The second-order valence-electron chi connectivity index (χ2n) is 4.36. The van der Waals surface area contributed by atoms with Crippen molar-refractivity contribution >= 4 is 11.6 Å². The molecule has 2 N–H and O–H groups in total. The van der Waals surface area contributed by atoms with Crippen LogP contribution in [0.4, 0.5) is 0 Å². The maximum absolute atomic E-state index is 6.07. The van der Waals surface area contributed by atoms with Gasteiger partial charge in [0, 0.05) is 5.54 Å². The van der Waals surface area contributed by atoms with Crippen LogP contribution in [-0.2, 0) is 6.42 Å². The van der Waals surface area contributed by atoms with Gasteiger partial charge in [0.2, 0.25) is 0 Å². The van der Waals surface area contributed by atoms with E-state index in [1.54, 1.807) is 0 Å². The van der Waals surface area contributed by atoms with Crippen molar-refractivity contribution in [3.05, 3.63) is 28.8 Å². The molecule has 1 aromatic carbocycles. The van der Waals surface area contributed by atoms with Gasteiger partial charge in [-0.05, 0) is 44.9 Å². The second kappa shape index (κ2) is 4.86. The molecule has 0 aromatic heterocycles. The van der Waals surface area contributed by atoms with E-state index in [0.717, 1.165) is 17.7 Å². The Kier molecular flexibility index (Phi) is 4.00. The summed E-state index contributed by atoms with van der Waals surface area (Å²) in [4.78, 5) is 0. The molecular formula is C12H18ClNO. The molecule has 0 aliphatic carbocycles. The van der Waals surface area contributed by atoms with Gasteiger partial charge in [-0.25, -0.2) is 0 Å². The van der Waals surface area contributed by atoms with Gasteiger partial charge in [0.15, 0.2) is 0 Å². The van der Waals surface area contributed by atoms with Crippen molar-refractivity contribution in [3.63, 3.8) is 0 Å². The van der Waals surface area contributed by atoms with E-state index in [1.807, 2.05) is 39.0 Å². The lowest BCUT2D eigenvalue weighted by molar-refractivity contribution is 0.340. The summed E-state index contributed by atoms with van der Waals surface area (Å²) in [6.45, 7) is 6.56. The van der Waals surface area contributed by atoms with Crippen molar-refractivity contribution in [1.82, 2.24) is 0 Å². The third-order valence-electron chi connectivity index (χ3n) is 1.96. The fourth-order valence-electron chi connectivity index (χ4n) is 1.45. The fraction of sp³-hybridized carbons (Fsp3) is 0.500. The molecule has 0 radical (unpaired) electrons. The first-order valence-corrected chi connectivity index (χ1v) is 5.50. The van der Waals surface area contributed by atoms with Crippen molar-refractivity contribution in [2.45, 2.75) is 32.7 Å². The second-order valence-corrected chi connectivity index (χ2v) is 4.77. The van der Waals surface area contributed by atoms with Crippen molar-refractivity contribution < 1.29 is 4.74 Å². The summed E-state index contributed by atoms with van der Waals surface area (Å²) in [6.07, 6.45) is 0.805. The zero-order valence-corrected chi connectivity index (χ0v) is 10.3. The third kappa shape index (κ3) is 4.10. The SMILES string of the molecule is CCOc1ccc(CC(C)(C)N)cc1Cl. The quantitative estimate of drug-likeness (QED) is 0.858. The van der Waals surface area contributed by atoms with Gasteiger partial charge >= 0.3 is 0 Å². The Balaban J connectivity index is 2.82. The van der Waals surface area contributed by atoms with Gasteiger partial charge < -0.3 is 10.5 Å². The standard InChI is InChI=1S/C12H18ClNO/c1-4-15-11-6-5-9(7-10(11)13)8-12(2,3)14/h5-7H,4,8,14H2,1-3H3. The first kappa shape index (κ1) is 12.3. The van der Waals surface area contributed by atoms with E-state index >= 15 is 0 Å². The Morgan fingerprint density at radius 3 is 2.53 bits per heavy atom. The minimum absolute atomic E-state index is 0.212. The van der Waals surface area contributed by atoms with Crippen LogP contribution in [0.5, 0.6) is 5.75 Å². The monoisotopic (exact) mass is 227 g/mol. The van der Waals surface area contributed by atoms with Gasteiger partial charge in [0.25, 0.3) is 0 Å². The number of halogens is 1. The van der Waals surface area contributed by atoms with Gasteiger partial charge in [-0.3, -0.25) is 0 Å². The van der Waals surface area contributed by atoms with Crippen molar-refractivity contribution in [2.24, 2.45) is 5.73 Å². The summed E-state index contributed by atoms with van der Waals surface area (Å²) in [5, 5.41) is 0.651. The smallest absolute Gasteiger partial charge is 0.137 e. The molecule has 0 saturated carbocycles. The molecule has 1 aromatic rings. The van der Waals surface area contributed by atoms with E-state index in [9.17, 15) is 0 Å². The van der Waals surface area contributed by atoms with E-state index in [1.165, 1.54) is 0 Å². The van der Waals surface area contributed by atoms with Crippen LogP contribution in [-0.4, -0.2) is 12.1 Å². The molecular weight excluding hydrogens is 210 g/mol. The molecule has 0 fully saturated rings. The van der Waals surface area contributed by atoms with Gasteiger partial charge in [0.05, 0.1) is 11.6 Å². The molecule has 15 heavy (non-hydrogen) atoms. The molecule has 0 bridgehead atoms. The number of hydrogen-bond donors (Lipinski definition) is 1. The molecule has 0 aliphatic heterocycles. The number of benzene rings is 1. The lowest BCUT2D eigenvalue weighted by Crippen LogP contribution is -2.34. The first-order valence-electron chi connectivity index (χ1n) is 5.12. The van der Waals surface area contributed by atoms with Gasteiger partial charge in [-0.2, -0.15) is 0 Å². The van der Waals surface area contributed by atoms with Crippen LogP contribution in [0.15, 0.2) is 18.2 Å².